The van der Waals surface area contributed by atoms with Crippen molar-refractivity contribution in [3.63, 3.8) is 0 Å². The van der Waals surface area contributed by atoms with E-state index in [0.29, 0.717) is 11.3 Å². The summed E-state index contributed by atoms with van der Waals surface area (Å²) in [5.41, 5.74) is 0.619. The van der Waals surface area contributed by atoms with E-state index in [4.69, 9.17) is 4.74 Å². The number of ketones is 2. The molecule has 3 nitrogen and oxygen atoms in total. The van der Waals surface area contributed by atoms with E-state index in [-0.39, 0.29) is 0 Å². The number of allylic oxidation sites excluding steroid dienone is 1. The second kappa shape index (κ2) is 6.17. The predicted molar refractivity (Wildman–Crippen MR) is 62.7 cm³/mol. The molecule has 19 heavy (non-hydrogen) atoms. The highest BCUT2D eigenvalue weighted by Gasteiger charge is 2.38. The first-order valence-corrected chi connectivity index (χ1v) is 5.28. The lowest BCUT2D eigenvalue weighted by Gasteiger charge is -2.02. The lowest BCUT2D eigenvalue weighted by Crippen LogP contribution is -2.24. The number of methoxy groups -OCH3 is 1. The Morgan fingerprint density at radius 2 is 1.79 bits per heavy atom. The Bertz CT molecular complexity index is 487. The highest BCUT2D eigenvalue weighted by molar-refractivity contribution is 6.07. The fourth-order valence-corrected chi connectivity index (χ4v) is 1.22. The van der Waals surface area contributed by atoms with Crippen molar-refractivity contribution in [1.82, 2.24) is 0 Å². The molecule has 0 aliphatic carbocycles. The monoisotopic (exact) mass is 272 g/mol. The van der Waals surface area contributed by atoms with Gasteiger partial charge in [0.05, 0.1) is 13.5 Å². The zero-order valence-corrected chi connectivity index (χ0v) is 10.0. The van der Waals surface area contributed by atoms with Crippen molar-refractivity contribution < 1.29 is 27.5 Å². The van der Waals surface area contributed by atoms with Gasteiger partial charge in [-0.05, 0) is 23.8 Å². The van der Waals surface area contributed by atoms with Crippen LogP contribution in [-0.4, -0.2) is 24.9 Å². The van der Waals surface area contributed by atoms with Gasteiger partial charge in [-0.15, -0.1) is 0 Å². The predicted octanol–water partition coefficient (Wildman–Crippen LogP) is 2.80. The molecule has 0 spiro atoms. The van der Waals surface area contributed by atoms with Crippen LogP contribution in [0.1, 0.15) is 12.0 Å². The van der Waals surface area contributed by atoms with Crippen LogP contribution >= 0.6 is 0 Å². The molecular formula is C13H11F3O3. The Morgan fingerprint density at radius 3 is 2.26 bits per heavy atom. The normalized spacial score (nSPS) is 11.6. The SMILES string of the molecule is COc1ccc(/C=C/C(=O)CC(=O)C(F)(F)F)cc1. The second-order valence-electron chi connectivity index (χ2n) is 3.67. The number of halogens is 3. The fourth-order valence-electron chi connectivity index (χ4n) is 1.22. The third kappa shape index (κ3) is 4.95. The number of hydrogen-bond donors (Lipinski definition) is 0. The van der Waals surface area contributed by atoms with Gasteiger partial charge in [0.15, 0.2) is 5.78 Å². The average molecular weight is 272 g/mol. The zero-order valence-electron chi connectivity index (χ0n) is 10.0. The summed E-state index contributed by atoms with van der Waals surface area (Å²) in [6.07, 6.45) is -3.85. The lowest BCUT2D eigenvalue weighted by molar-refractivity contribution is -0.171. The molecule has 6 heteroatoms. The highest BCUT2D eigenvalue weighted by atomic mass is 19.4. The van der Waals surface area contributed by atoms with Crippen molar-refractivity contribution in [2.24, 2.45) is 0 Å². The van der Waals surface area contributed by atoms with E-state index in [2.05, 4.69) is 0 Å². The third-order valence-corrected chi connectivity index (χ3v) is 2.23. The first-order chi connectivity index (χ1) is 8.82. The smallest absolute Gasteiger partial charge is 0.450 e. The Labute approximate surface area is 107 Å². The van der Waals surface area contributed by atoms with Gasteiger partial charge >= 0.3 is 6.18 Å². The molecule has 0 unspecified atom stereocenters. The van der Waals surface area contributed by atoms with Gasteiger partial charge in [-0.3, -0.25) is 9.59 Å². The summed E-state index contributed by atoms with van der Waals surface area (Å²) >= 11 is 0. The minimum Gasteiger partial charge on any atom is -0.497 e. The Kier molecular flexibility index (Phi) is 4.86. The number of carbonyl (C=O) groups excluding carboxylic acids is 2. The summed E-state index contributed by atoms with van der Waals surface area (Å²) in [5.74, 6) is -2.31. The summed E-state index contributed by atoms with van der Waals surface area (Å²) in [4.78, 5) is 21.7. The maximum atomic E-state index is 11.9. The van der Waals surface area contributed by atoms with E-state index < -0.39 is 24.2 Å². The maximum absolute atomic E-state index is 11.9. The minimum absolute atomic E-state index is 0.619. The van der Waals surface area contributed by atoms with Gasteiger partial charge in [0.1, 0.15) is 5.75 Å². The van der Waals surface area contributed by atoms with Crippen molar-refractivity contribution in [3.05, 3.63) is 35.9 Å². The molecule has 1 aromatic carbocycles. The summed E-state index contributed by atoms with van der Waals surface area (Å²) in [5, 5.41) is 0. The van der Waals surface area contributed by atoms with E-state index in [1.165, 1.54) is 13.2 Å². The number of hydrogen-bond acceptors (Lipinski definition) is 3. The topological polar surface area (TPSA) is 43.4 Å². The van der Waals surface area contributed by atoms with Gasteiger partial charge in [-0.1, -0.05) is 18.2 Å². The molecule has 0 bridgehead atoms. The molecule has 1 rings (SSSR count). The van der Waals surface area contributed by atoms with Crippen LogP contribution in [0.3, 0.4) is 0 Å². The maximum Gasteiger partial charge on any atom is 0.450 e. The fraction of sp³-hybridized carbons (Fsp3) is 0.231. The van der Waals surface area contributed by atoms with Crippen LogP contribution in [-0.2, 0) is 9.59 Å². The van der Waals surface area contributed by atoms with Crippen LogP contribution in [0.2, 0.25) is 0 Å². The highest BCUT2D eigenvalue weighted by Crippen LogP contribution is 2.18. The van der Waals surface area contributed by atoms with Crippen LogP contribution in [0.25, 0.3) is 6.08 Å². The van der Waals surface area contributed by atoms with Crippen LogP contribution in [0.15, 0.2) is 30.3 Å². The summed E-state index contributed by atoms with van der Waals surface area (Å²) < 4.78 is 40.7. The molecule has 0 heterocycles. The van der Waals surface area contributed by atoms with Crippen molar-refractivity contribution in [1.29, 1.82) is 0 Å². The molecule has 0 atom stereocenters. The third-order valence-electron chi connectivity index (χ3n) is 2.23. The number of benzene rings is 1. The van der Waals surface area contributed by atoms with Crippen LogP contribution in [0.4, 0.5) is 13.2 Å². The molecule has 0 saturated heterocycles. The van der Waals surface area contributed by atoms with Crippen molar-refractivity contribution in [3.8, 4) is 5.75 Å². The minimum atomic E-state index is -4.97. The quantitative estimate of drug-likeness (QED) is 0.611. The molecule has 1 aromatic rings. The molecule has 0 amide bonds. The van der Waals surface area contributed by atoms with E-state index in [0.717, 1.165) is 6.08 Å². The lowest BCUT2D eigenvalue weighted by atomic mass is 10.1. The molecule has 0 saturated carbocycles. The van der Waals surface area contributed by atoms with Gasteiger partial charge in [0.25, 0.3) is 0 Å². The molecule has 0 aliphatic rings. The second-order valence-corrected chi connectivity index (χ2v) is 3.67. The van der Waals surface area contributed by atoms with Gasteiger partial charge in [-0.2, -0.15) is 13.2 Å². The molecule has 0 aromatic heterocycles. The molecule has 102 valence electrons. The Hall–Kier alpha value is -2.11. The van der Waals surface area contributed by atoms with E-state index >= 15 is 0 Å². The number of ether oxygens (including phenoxy) is 1. The number of alkyl halides is 3. The summed E-state index contributed by atoms with van der Waals surface area (Å²) in [6.45, 7) is 0. The number of Topliss-reactive ketones (excluding diaryl/α,β-unsaturated/α-hetero) is 1. The molecular weight excluding hydrogens is 261 g/mol. The van der Waals surface area contributed by atoms with E-state index in [9.17, 15) is 22.8 Å². The molecule has 0 radical (unpaired) electrons. The Morgan fingerprint density at radius 1 is 1.21 bits per heavy atom. The Balaban J connectivity index is 2.61. The van der Waals surface area contributed by atoms with Crippen LogP contribution < -0.4 is 4.74 Å². The molecule has 0 aliphatic heterocycles. The zero-order chi connectivity index (χ0) is 14.5. The average Bonchev–Trinajstić information content (AvgIpc) is 2.35. The van der Waals surface area contributed by atoms with Gasteiger partial charge in [-0.25, -0.2) is 0 Å². The van der Waals surface area contributed by atoms with Gasteiger partial charge in [0.2, 0.25) is 5.78 Å². The van der Waals surface area contributed by atoms with Gasteiger partial charge < -0.3 is 4.74 Å². The van der Waals surface area contributed by atoms with Crippen LogP contribution in [0.5, 0.6) is 5.75 Å². The van der Waals surface area contributed by atoms with E-state index in [1.807, 2.05) is 0 Å². The largest absolute Gasteiger partial charge is 0.497 e. The molecule has 0 N–H and O–H groups in total. The standard InChI is InChI=1S/C13H11F3O3/c1-19-11-6-3-9(4-7-11)2-5-10(17)8-12(18)13(14,15)16/h2-7H,8H2,1H3/b5-2+. The summed E-state index contributed by atoms with van der Waals surface area (Å²) in [7, 11) is 1.50. The van der Waals surface area contributed by atoms with Crippen molar-refractivity contribution >= 4 is 17.6 Å². The van der Waals surface area contributed by atoms with Crippen LogP contribution in [0, 0.1) is 0 Å². The number of carbonyl (C=O) groups is 2. The van der Waals surface area contributed by atoms with E-state index in [1.54, 1.807) is 24.3 Å². The van der Waals surface area contributed by atoms with Gasteiger partial charge in [0, 0.05) is 0 Å². The summed E-state index contributed by atoms with van der Waals surface area (Å²) in [6, 6.07) is 6.55. The van der Waals surface area contributed by atoms with Crippen molar-refractivity contribution in [2.45, 2.75) is 12.6 Å². The molecule has 0 fully saturated rings. The number of rotatable bonds is 5. The first-order valence-electron chi connectivity index (χ1n) is 5.28. The first kappa shape index (κ1) is 14.9. The van der Waals surface area contributed by atoms with Crippen molar-refractivity contribution in [2.75, 3.05) is 7.11 Å².